The Morgan fingerprint density at radius 3 is 2.23 bits per heavy atom. The Hall–Kier alpha value is -3.14. The molecule has 1 N–H and O–H groups in total. The fraction of sp³-hybridized carbons (Fsp3) is 0.310. The third-order valence-electron chi connectivity index (χ3n) is 6.44. The third-order valence-corrected chi connectivity index (χ3v) is 8.32. The number of halogens is 3. The number of benzene rings is 3. The molecule has 40 heavy (non-hydrogen) atoms. The fourth-order valence-corrected chi connectivity index (χ4v) is 5.19. The van der Waals surface area contributed by atoms with Crippen LogP contribution in [0.5, 0.6) is 0 Å². The van der Waals surface area contributed by atoms with Crippen molar-refractivity contribution in [2.45, 2.75) is 45.3 Å². The third kappa shape index (κ3) is 8.43. The summed E-state index contributed by atoms with van der Waals surface area (Å²) in [6.07, 6.45) is 1.75. The van der Waals surface area contributed by atoms with E-state index in [-0.39, 0.29) is 40.3 Å². The van der Waals surface area contributed by atoms with Crippen LogP contribution in [0, 0.1) is 5.82 Å². The van der Waals surface area contributed by atoms with Crippen LogP contribution in [0.3, 0.4) is 0 Å². The van der Waals surface area contributed by atoms with Gasteiger partial charge >= 0.3 is 0 Å². The van der Waals surface area contributed by atoms with Gasteiger partial charge in [-0.2, -0.15) is 0 Å². The molecule has 0 saturated carbocycles. The van der Waals surface area contributed by atoms with Gasteiger partial charge in [0, 0.05) is 24.6 Å². The number of hydrogen-bond donors (Lipinski definition) is 1. The summed E-state index contributed by atoms with van der Waals surface area (Å²) in [6, 6.07) is 18.0. The average molecular weight is 609 g/mol. The quantitative estimate of drug-likeness (QED) is 0.296. The van der Waals surface area contributed by atoms with Gasteiger partial charge in [-0.15, -0.1) is 0 Å². The molecule has 214 valence electrons. The summed E-state index contributed by atoms with van der Waals surface area (Å²) >= 11 is 12.1. The first-order valence-electron chi connectivity index (χ1n) is 12.7. The minimum atomic E-state index is -3.98. The molecule has 2 amide bonds. The number of carbonyl (C=O) groups excluding carboxylic acids is 2. The fourth-order valence-electron chi connectivity index (χ4n) is 4.06. The Balaban J connectivity index is 2.08. The Morgan fingerprint density at radius 2 is 1.62 bits per heavy atom. The van der Waals surface area contributed by atoms with Gasteiger partial charge in [0.05, 0.1) is 22.0 Å². The molecule has 3 aromatic carbocycles. The van der Waals surface area contributed by atoms with Crippen LogP contribution >= 0.6 is 23.2 Å². The van der Waals surface area contributed by atoms with Crippen LogP contribution in [0.25, 0.3) is 0 Å². The molecular formula is C29H32Cl2FN3O4S. The molecule has 0 heterocycles. The lowest BCUT2D eigenvalue weighted by atomic mass is 10.0. The molecule has 0 aliphatic carbocycles. The van der Waals surface area contributed by atoms with E-state index in [1.54, 1.807) is 6.07 Å². The second-order valence-electron chi connectivity index (χ2n) is 9.50. The van der Waals surface area contributed by atoms with Crippen LogP contribution in [0.1, 0.15) is 31.4 Å². The van der Waals surface area contributed by atoms with Crippen LogP contribution in [0.4, 0.5) is 10.1 Å². The van der Waals surface area contributed by atoms with Crippen LogP contribution < -0.4 is 9.62 Å². The zero-order chi connectivity index (χ0) is 29.4. The monoisotopic (exact) mass is 607 g/mol. The predicted octanol–water partition coefficient (Wildman–Crippen LogP) is 5.45. The van der Waals surface area contributed by atoms with Gasteiger partial charge in [-0.25, -0.2) is 12.8 Å². The summed E-state index contributed by atoms with van der Waals surface area (Å²) in [5.74, 6) is -1.67. The molecule has 7 nitrogen and oxygen atoms in total. The van der Waals surface area contributed by atoms with Crippen molar-refractivity contribution in [2.24, 2.45) is 0 Å². The Morgan fingerprint density at radius 1 is 0.975 bits per heavy atom. The lowest BCUT2D eigenvalue weighted by Gasteiger charge is -2.34. The van der Waals surface area contributed by atoms with Gasteiger partial charge in [0.1, 0.15) is 18.4 Å². The van der Waals surface area contributed by atoms with Crippen molar-refractivity contribution in [1.29, 1.82) is 0 Å². The zero-order valence-electron chi connectivity index (χ0n) is 22.5. The molecule has 0 spiro atoms. The molecule has 3 aromatic rings. The summed E-state index contributed by atoms with van der Waals surface area (Å²) in [5.41, 5.74) is 1.09. The van der Waals surface area contributed by atoms with Gasteiger partial charge in [-0.05, 0) is 43.2 Å². The number of nitrogens with one attached hydrogen (secondary N) is 1. The van der Waals surface area contributed by atoms with Crippen molar-refractivity contribution < 1.29 is 22.4 Å². The highest BCUT2D eigenvalue weighted by molar-refractivity contribution is 7.92. The van der Waals surface area contributed by atoms with Gasteiger partial charge in [-0.1, -0.05) is 78.7 Å². The predicted molar refractivity (Wildman–Crippen MR) is 157 cm³/mol. The Bertz CT molecular complexity index is 1440. The maximum Gasteiger partial charge on any atom is 0.244 e. The SMILES string of the molecule is CCC(C)NC(=O)C(Cc1ccccc1)N(Cc1ccccc1F)C(=O)CN(c1ccc(Cl)c(Cl)c1)S(C)(=O)=O. The van der Waals surface area contributed by atoms with Gasteiger partial charge in [0.15, 0.2) is 0 Å². The largest absolute Gasteiger partial charge is 0.352 e. The molecule has 2 atom stereocenters. The zero-order valence-corrected chi connectivity index (χ0v) is 24.8. The molecule has 2 unspecified atom stereocenters. The minimum Gasteiger partial charge on any atom is -0.352 e. The smallest absolute Gasteiger partial charge is 0.244 e. The number of carbonyl (C=O) groups is 2. The summed E-state index contributed by atoms with van der Waals surface area (Å²) in [6.45, 7) is 2.86. The summed E-state index contributed by atoms with van der Waals surface area (Å²) in [5, 5.41) is 3.25. The van der Waals surface area contributed by atoms with Crippen molar-refractivity contribution in [3.05, 3.63) is 99.8 Å². The first-order chi connectivity index (χ1) is 18.9. The van der Waals surface area contributed by atoms with E-state index in [1.807, 2.05) is 44.2 Å². The van der Waals surface area contributed by atoms with Crippen molar-refractivity contribution in [3.63, 3.8) is 0 Å². The highest BCUT2D eigenvalue weighted by Gasteiger charge is 2.34. The number of sulfonamides is 1. The lowest BCUT2D eigenvalue weighted by molar-refractivity contribution is -0.140. The topological polar surface area (TPSA) is 86.8 Å². The lowest BCUT2D eigenvalue weighted by Crippen LogP contribution is -2.54. The van der Waals surface area contributed by atoms with E-state index < -0.39 is 40.2 Å². The summed E-state index contributed by atoms with van der Waals surface area (Å²) in [4.78, 5) is 28.8. The normalized spacial score (nSPS) is 12.8. The molecule has 0 saturated heterocycles. The van der Waals surface area contributed by atoms with E-state index in [0.717, 1.165) is 16.1 Å². The number of amides is 2. The molecule has 3 rings (SSSR count). The standard InChI is InChI=1S/C29H32Cl2FN3O4S/c1-4-20(2)33-29(37)27(16-21-10-6-5-7-11-21)34(18-22-12-8-9-13-26(22)32)28(36)19-35(40(3,38)39)23-14-15-24(30)25(31)17-23/h5-15,17,20,27H,4,16,18-19H2,1-3H3,(H,33,37). The highest BCUT2D eigenvalue weighted by Crippen LogP contribution is 2.29. The van der Waals surface area contributed by atoms with Crippen molar-refractivity contribution in [3.8, 4) is 0 Å². The van der Waals surface area contributed by atoms with E-state index in [4.69, 9.17) is 23.2 Å². The molecular weight excluding hydrogens is 576 g/mol. The van der Waals surface area contributed by atoms with E-state index in [0.29, 0.717) is 6.42 Å². The first kappa shape index (κ1) is 31.4. The van der Waals surface area contributed by atoms with Gasteiger partial charge in [0.25, 0.3) is 0 Å². The van der Waals surface area contributed by atoms with E-state index in [1.165, 1.54) is 41.3 Å². The van der Waals surface area contributed by atoms with Crippen LogP contribution in [0.15, 0.2) is 72.8 Å². The molecule has 0 radical (unpaired) electrons. The minimum absolute atomic E-state index is 0.110. The molecule has 0 aromatic heterocycles. The van der Waals surface area contributed by atoms with Crippen molar-refractivity contribution in [1.82, 2.24) is 10.2 Å². The Labute approximate surface area is 244 Å². The van der Waals surface area contributed by atoms with E-state index >= 15 is 0 Å². The van der Waals surface area contributed by atoms with Crippen LogP contribution in [-0.4, -0.2) is 50.0 Å². The molecule has 0 aliphatic heterocycles. The van der Waals surface area contributed by atoms with Gasteiger partial charge in [0.2, 0.25) is 21.8 Å². The maximum atomic E-state index is 14.8. The summed E-state index contributed by atoms with van der Waals surface area (Å²) < 4.78 is 41.3. The Kier molecular flexibility index (Phi) is 11.0. The average Bonchev–Trinajstić information content (AvgIpc) is 2.91. The van der Waals surface area contributed by atoms with Gasteiger partial charge < -0.3 is 10.2 Å². The molecule has 11 heteroatoms. The number of rotatable bonds is 12. The van der Waals surface area contributed by atoms with Crippen LogP contribution in [-0.2, 0) is 32.6 Å². The van der Waals surface area contributed by atoms with Crippen molar-refractivity contribution >= 4 is 50.7 Å². The van der Waals surface area contributed by atoms with Gasteiger partial charge in [-0.3, -0.25) is 13.9 Å². The number of anilines is 1. The second-order valence-corrected chi connectivity index (χ2v) is 12.2. The molecule has 0 fully saturated rings. The maximum absolute atomic E-state index is 14.8. The molecule has 0 aliphatic rings. The second kappa shape index (κ2) is 14.0. The van der Waals surface area contributed by atoms with Crippen molar-refractivity contribution in [2.75, 3.05) is 17.1 Å². The number of hydrogen-bond acceptors (Lipinski definition) is 4. The highest BCUT2D eigenvalue weighted by atomic mass is 35.5. The van der Waals surface area contributed by atoms with E-state index in [2.05, 4.69) is 5.32 Å². The van der Waals surface area contributed by atoms with Crippen LogP contribution in [0.2, 0.25) is 10.0 Å². The first-order valence-corrected chi connectivity index (χ1v) is 15.3. The molecule has 0 bridgehead atoms. The summed E-state index contributed by atoms with van der Waals surface area (Å²) in [7, 11) is -3.98. The number of nitrogens with zero attached hydrogens (tertiary/aromatic N) is 2. The van der Waals surface area contributed by atoms with E-state index in [9.17, 15) is 22.4 Å².